The first-order valence-electron chi connectivity index (χ1n) is 7.27. The molecule has 0 radical (unpaired) electrons. The van der Waals surface area contributed by atoms with E-state index in [-0.39, 0.29) is 11.7 Å². The number of anilines is 1. The van der Waals surface area contributed by atoms with Gasteiger partial charge in [0.05, 0.1) is 12.0 Å². The Morgan fingerprint density at radius 2 is 2.09 bits per heavy atom. The summed E-state index contributed by atoms with van der Waals surface area (Å²) in [5, 5.41) is 0. The van der Waals surface area contributed by atoms with E-state index < -0.39 is 0 Å². The monoisotopic (exact) mass is 304 g/mol. The first-order chi connectivity index (χ1) is 10.7. The highest BCUT2D eigenvalue weighted by molar-refractivity contribution is 5.91. The lowest BCUT2D eigenvalue weighted by atomic mass is 10.2. The molecule has 0 N–H and O–H groups in total. The van der Waals surface area contributed by atoms with Crippen molar-refractivity contribution in [1.29, 1.82) is 0 Å². The van der Waals surface area contributed by atoms with Crippen LogP contribution in [0, 0.1) is 5.82 Å². The zero-order chi connectivity index (χ0) is 15.5. The number of piperazine rings is 1. The molecule has 0 saturated carbocycles. The molecule has 6 nitrogen and oxygen atoms in total. The Balaban J connectivity index is 1.68. The molecule has 22 heavy (non-hydrogen) atoms. The molecule has 0 aliphatic carbocycles. The summed E-state index contributed by atoms with van der Waals surface area (Å²) in [6.45, 7) is 3.93. The van der Waals surface area contributed by atoms with E-state index in [0.29, 0.717) is 49.9 Å². The van der Waals surface area contributed by atoms with Crippen molar-refractivity contribution in [3.8, 4) is 0 Å². The van der Waals surface area contributed by atoms with Crippen LogP contribution in [0.4, 0.5) is 10.2 Å². The molecule has 2 aromatic heterocycles. The number of nitrogens with zero attached hydrogens (tertiary/aromatic N) is 4. The van der Waals surface area contributed by atoms with Crippen molar-refractivity contribution in [3.63, 3.8) is 0 Å². The maximum Gasteiger partial charge on any atom is 0.289 e. The molecule has 1 saturated heterocycles. The Labute approximate surface area is 127 Å². The second-order valence-corrected chi connectivity index (χ2v) is 5.07. The van der Waals surface area contributed by atoms with Crippen molar-refractivity contribution in [2.75, 3.05) is 31.1 Å². The number of hydrogen-bond acceptors (Lipinski definition) is 5. The van der Waals surface area contributed by atoms with Crippen LogP contribution < -0.4 is 4.90 Å². The molecule has 1 amide bonds. The van der Waals surface area contributed by atoms with Gasteiger partial charge in [0.25, 0.3) is 5.91 Å². The Kier molecular flexibility index (Phi) is 4.04. The van der Waals surface area contributed by atoms with Crippen LogP contribution in [0.5, 0.6) is 0 Å². The minimum Gasteiger partial charge on any atom is -0.459 e. The second-order valence-electron chi connectivity index (χ2n) is 5.07. The van der Waals surface area contributed by atoms with E-state index in [1.807, 2.05) is 11.8 Å². The van der Waals surface area contributed by atoms with Crippen LogP contribution in [-0.2, 0) is 6.42 Å². The van der Waals surface area contributed by atoms with E-state index in [4.69, 9.17) is 4.42 Å². The van der Waals surface area contributed by atoms with Gasteiger partial charge in [0.15, 0.2) is 17.4 Å². The average molecular weight is 304 g/mol. The van der Waals surface area contributed by atoms with E-state index in [2.05, 4.69) is 9.97 Å². The third-order valence-corrected chi connectivity index (χ3v) is 3.78. The van der Waals surface area contributed by atoms with Crippen LogP contribution in [0.2, 0.25) is 0 Å². The summed E-state index contributed by atoms with van der Waals surface area (Å²) in [4.78, 5) is 23.7. The number of amides is 1. The lowest BCUT2D eigenvalue weighted by Gasteiger charge is -2.35. The first-order valence-corrected chi connectivity index (χ1v) is 7.27. The molecular weight excluding hydrogens is 287 g/mol. The summed E-state index contributed by atoms with van der Waals surface area (Å²) >= 11 is 0. The molecule has 1 aliphatic rings. The van der Waals surface area contributed by atoms with E-state index in [1.54, 1.807) is 17.0 Å². The van der Waals surface area contributed by atoms with Gasteiger partial charge >= 0.3 is 0 Å². The van der Waals surface area contributed by atoms with Crippen molar-refractivity contribution in [1.82, 2.24) is 14.9 Å². The molecule has 7 heteroatoms. The van der Waals surface area contributed by atoms with Crippen molar-refractivity contribution in [3.05, 3.63) is 42.0 Å². The van der Waals surface area contributed by atoms with E-state index in [0.717, 1.165) is 0 Å². The van der Waals surface area contributed by atoms with Crippen LogP contribution in [-0.4, -0.2) is 47.0 Å². The summed E-state index contributed by atoms with van der Waals surface area (Å²) < 4.78 is 19.4. The van der Waals surface area contributed by atoms with Gasteiger partial charge in [0.1, 0.15) is 6.33 Å². The maximum absolute atomic E-state index is 14.3. The SMILES string of the molecule is CCc1ncnc(N2CCN(C(=O)c3ccco3)CC2)c1F. The fourth-order valence-corrected chi connectivity index (χ4v) is 2.54. The predicted octanol–water partition coefficient (Wildman–Crippen LogP) is 1.73. The molecule has 2 aromatic rings. The molecule has 0 aromatic carbocycles. The van der Waals surface area contributed by atoms with Crippen molar-refractivity contribution in [2.24, 2.45) is 0 Å². The standard InChI is InChI=1S/C15H17FN4O2/c1-2-11-13(16)14(18-10-17-11)19-5-7-20(8-6-19)15(21)12-4-3-9-22-12/h3-4,9-10H,2,5-8H2,1H3. The Morgan fingerprint density at radius 1 is 1.32 bits per heavy atom. The fraction of sp³-hybridized carbons (Fsp3) is 0.400. The summed E-state index contributed by atoms with van der Waals surface area (Å²) in [5.74, 6) is 0.143. The highest BCUT2D eigenvalue weighted by Crippen LogP contribution is 2.20. The number of furan rings is 1. The molecule has 3 heterocycles. The number of aromatic nitrogens is 2. The Hall–Kier alpha value is -2.44. The Bertz CT molecular complexity index is 652. The van der Waals surface area contributed by atoms with Gasteiger partial charge < -0.3 is 14.2 Å². The maximum atomic E-state index is 14.3. The average Bonchev–Trinajstić information content (AvgIpc) is 3.09. The number of halogens is 1. The molecule has 0 bridgehead atoms. The molecule has 116 valence electrons. The Morgan fingerprint density at radius 3 is 2.73 bits per heavy atom. The van der Waals surface area contributed by atoms with Crippen LogP contribution >= 0.6 is 0 Å². The third kappa shape index (κ3) is 2.66. The van der Waals surface area contributed by atoms with Crippen molar-refractivity contribution >= 4 is 11.7 Å². The van der Waals surface area contributed by atoms with Crippen LogP contribution in [0.1, 0.15) is 23.2 Å². The number of carbonyl (C=O) groups is 1. The van der Waals surface area contributed by atoms with E-state index in [9.17, 15) is 9.18 Å². The third-order valence-electron chi connectivity index (χ3n) is 3.78. The first kappa shape index (κ1) is 14.5. The normalized spacial score (nSPS) is 15.2. The minimum atomic E-state index is -0.365. The quantitative estimate of drug-likeness (QED) is 0.864. The van der Waals surface area contributed by atoms with Crippen molar-refractivity contribution < 1.29 is 13.6 Å². The number of rotatable bonds is 3. The molecule has 0 atom stereocenters. The largest absolute Gasteiger partial charge is 0.459 e. The zero-order valence-electron chi connectivity index (χ0n) is 12.3. The number of hydrogen-bond donors (Lipinski definition) is 0. The lowest BCUT2D eigenvalue weighted by molar-refractivity contribution is 0.0714. The summed E-state index contributed by atoms with van der Waals surface area (Å²) in [6.07, 6.45) is 3.39. The summed E-state index contributed by atoms with van der Waals surface area (Å²) in [6, 6.07) is 3.33. The van der Waals surface area contributed by atoms with Gasteiger partial charge in [-0.15, -0.1) is 0 Å². The minimum absolute atomic E-state index is 0.137. The number of aryl methyl sites for hydroxylation is 1. The molecule has 1 fully saturated rings. The molecule has 0 unspecified atom stereocenters. The molecule has 3 rings (SSSR count). The van der Waals surface area contributed by atoms with Gasteiger partial charge in [-0.3, -0.25) is 4.79 Å². The summed E-state index contributed by atoms with van der Waals surface area (Å²) in [7, 11) is 0. The van der Waals surface area contributed by atoms with Gasteiger partial charge in [-0.25, -0.2) is 14.4 Å². The van der Waals surface area contributed by atoms with Crippen LogP contribution in [0.15, 0.2) is 29.1 Å². The molecule has 1 aliphatic heterocycles. The number of carbonyl (C=O) groups excluding carboxylic acids is 1. The van der Waals surface area contributed by atoms with E-state index in [1.165, 1.54) is 12.6 Å². The molecular formula is C15H17FN4O2. The topological polar surface area (TPSA) is 62.5 Å². The smallest absolute Gasteiger partial charge is 0.289 e. The highest BCUT2D eigenvalue weighted by atomic mass is 19.1. The second kappa shape index (κ2) is 6.13. The van der Waals surface area contributed by atoms with Gasteiger partial charge in [0, 0.05) is 26.2 Å². The fourth-order valence-electron chi connectivity index (χ4n) is 2.54. The van der Waals surface area contributed by atoms with Gasteiger partial charge in [-0.05, 0) is 18.6 Å². The van der Waals surface area contributed by atoms with Gasteiger partial charge in [-0.1, -0.05) is 6.92 Å². The van der Waals surface area contributed by atoms with E-state index >= 15 is 0 Å². The van der Waals surface area contributed by atoms with Gasteiger partial charge in [0.2, 0.25) is 0 Å². The molecule has 0 spiro atoms. The highest BCUT2D eigenvalue weighted by Gasteiger charge is 2.26. The summed E-state index contributed by atoms with van der Waals surface area (Å²) in [5.41, 5.74) is 0.416. The van der Waals surface area contributed by atoms with Crippen molar-refractivity contribution in [2.45, 2.75) is 13.3 Å². The zero-order valence-corrected chi connectivity index (χ0v) is 12.3. The predicted molar refractivity (Wildman–Crippen MR) is 78.2 cm³/mol. The van der Waals surface area contributed by atoms with Crippen LogP contribution in [0.3, 0.4) is 0 Å². The lowest BCUT2D eigenvalue weighted by Crippen LogP contribution is -2.49. The van der Waals surface area contributed by atoms with Gasteiger partial charge in [-0.2, -0.15) is 0 Å². The van der Waals surface area contributed by atoms with Crippen LogP contribution in [0.25, 0.3) is 0 Å².